The Morgan fingerprint density at radius 2 is 2.02 bits per heavy atom. The standard InChI is InChI=1S/C41H49ClN4O6S/c1-26-6-4-8-37(50-3)34-12-9-30(34)21-46-24-41(15-5-7-28-18-32(42)11-13-35(28)41)25-52-38-14-10-29(20-36(38)46)39(47)43-53(49,27(26)2)44-40(48)31-19-33-23-51-17-16-45(33)22-31/h4,8,10-11,13-14,18-20,22,26-27,30,34,37H,5-7,9,12,15-17,21,23-25H2,1-3H3,(H,43,44,47,48,49)/b8-4+/t26-,27+,30-,34+,37-,41-,53?/m0/s1. The Kier molecular flexibility index (Phi) is 9.97. The lowest BCUT2D eigenvalue weighted by Gasteiger charge is -2.46. The highest BCUT2D eigenvalue weighted by Gasteiger charge is 2.44. The molecule has 53 heavy (non-hydrogen) atoms. The van der Waals surface area contributed by atoms with E-state index in [0.717, 1.165) is 55.1 Å². The summed E-state index contributed by atoms with van der Waals surface area (Å²) < 4.78 is 42.4. The van der Waals surface area contributed by atoms with Crippen LogP contribution < -0.4 is 14.4 Å². The molecule has 2 aromatic carbocycles. The molecule has 1 saturated carbocycles. The third kappa shape index (κ3) is 6.94. The van der Waals surface area contributed by atoms with E-state index in [2.05, 4.69) is 38.3 Å². The average molecular weight is 761 g/mol. The number of aryl methyl sites for hydroxylation is 1. The monoisotopic (exact) mass is 760 g/mol. The summed E-state index contributed by atoms with van der Waals surface area (Å²) in [5.41, 5.74) is 4.63. The molecule has 3 aliphatic heterocycles. The van der Waals surface area contributed by atoms with E-state index in [-0.39, 0.29) is 17.4 Å². The number of carbonyl (C=O) groups is 2. The Morgan fingerprint density at radius 3 is 2.81 bits per heavy atom. The number of carbonyl (C=O) groups excluding carboxylic acids is 2. The van der Waals surface area contributed by atoms with E-state index in [4.69, 9.17) is 25.8 Å². The number of methoxy groups -OCH3 is 1. The second kappa shape index (κ2) is 14.5. The summed E-state index contributed by atoms with van der Waals surface area (Å²) in [6, 6.07) is 13.4. The van der Waals surface area contributed by atoms with Crippen molar-refractivity contribution in [1.29, 1.82) is 0 Å². The van der Waals surface area contributed by atoms with Gasteiger partial charge in [-0.25, -0.2) is 4.21 Å². The summed E-state index contributed by atoms with van der Waals surface area (Å²) in [5, 5.41) is 0.0942. The van der Waals surface area contributed by atoms with Crippen LogP contribution in [0.5, 0.6) is 5.75 Å². The van der Waals surface area contributed by atoms with Gasteiger partial charge in [0, 0.05) is 54.6 Å². The molecular weight excluding hydrogens is 712 g/mol. The molecule has 1 spiro atoms. The van der Waals surface area contributed by atoms with Crippen LogP contribution in [0, 0.1) is 17.8 Å². The molecule has 12 heteroatoms. The third-order valence-corrected chi connectivity index (χ3v) is 15.1. The van der Waals surface area contributed by atoms with Crippen LogP contribution >= 0.6 is 11.6 Å². The number of rotatable bonds is 3. The number of hydrogen-bond acceptors (Lipinski definition) is 7. The highest BCUT2D eigenvalue weighted by Crippen LogP contribution is 2.47. The van der Waals surface area contributed by atoms with Crippen molar-refractivity contribution >= 4 is 39.0 Å². The molecule has 282 valence electrons. The van der Waals surface area contributed by atoms with E-state index in [1.54, 1.807) is 32.4 Å². The van der Waals surface area contributed by atoms with Gasteiger partial charge in [-0.05, 0) is 111 Å². The first-order valence-electron chi connectivity index (χ1n) is 19.0. The number of allylic oxidation sites excluding steroid dienone is 1. The Bertz CT molecular complexity index is 2050. The summed E-state index contributed by atoms with van der Waals surface area (Å²) in [6.45, 7) is 7.37. The van der Waals surface area contributed by atoms with Crippen LogP contribution in [0.2, 0.25) is 5.02 Å². The smallest absolute Gasteiger partial charge is 0.286 e. The van der Waals surface area contributed by atoms with Crippen LogP contribution in [-0.4, -0.2) is 65.4 Å². The number of halogens is 1. The molecule has 8 rings (SSSR count). The molecule has 10 nitrogen and oxygen atoms in total. The highest BCUT2D eigenvalue weighted by molar-refractivity contribution is 7.93. The summed E-state index contributed by atoms with van der Waals surface area (Å²) in [6.07, 6.45) is 11.6. The van der Waals surface area contributed by atoms with Gasteiger partial charge >= 0.3 is 0 Å². The van der Waals surface area contributed by atoms with E-state index >= 15 is 0 Å². The van der Waals surface area contributed by atoms with Crippen LogP contribution in [0.1, 0.15) is 83.5 Å². The molecule has 5 aliphatic rings. The number of amides is 2. The van der Waals surface area contributed by atoms with E-state index in [0.29, 0.717) is 68.0 Å². The molecule has 4 heterocycles. The maximum atomic E-state index is 15.0. The second-order valence-corrected chi connectivity index (χ2v) is 18.4. The van der Waals surface area contributed by atoms with Gasteiger partial charge in [-0.1, -0.05) is 36.7 Å². The Hall–Kier alpha value is -3.64. The van der Waals surface area contributed by atoms with Crippen LogP contribution in [-0.2, 0) is 44.4 Å². The van der Waals surface area contributed by atoms with Crippen LogP contribution in [0.4, 0.5) is 5.69 Å². The first-order chi connectivity index (χ1) is 25.6. The zero-order chi connectivity index (χ0) is 36.9. The van der Waals surface area contributed by atoms with E-state index in [9.17, 15) is 13.8 Å². The van der Waals surface area contributed by atoms with Crippen molar-refractivity contribution in [3.05, 3.63) is 93.8 Å². The second-order valence-electron chi connectivity index (χ2n) is 15.7. The molecule has 2 amide bonds. The first-order valence-corrected chi connectivity index (χ1v) is 20.9. The summed E-state index contributed by atoms with van der Waals surface area (Å²) in [7, 11) is -1.83. The largest absolute Gasteiger partial charge is 0.490 e. The number of anilines is 1. The molecule has 2 bridgehead atoms. The van der Waals surface area contributed by atoms with Gasteiger partial charge in [0.2, 0.25) is 0 Å². The number of aromatic nitrogens is 1. The van der Waals surface area contributed by atoms with Crippen molar-refractivity contribution in [2.45, 2.75) is 82.3 Å². The first kappa shape index (κ1) is 36.3. The van der Waals surface area contributed by atoms with Crippen LogP contribution in [0.15, 0.2) is 65.2 Å². The van der Waals surface area contributed by atoms with Gasteiger partial charge in [0.1, 0.15) is 15.7 Å². The number of nitrogens with zero attached hydrogens (tertiary/aromatic N) is 3. The lowest BCUT2D eigenvalue weighted by atomic mass is 9.68. The van der Waals surface area contributed by atoms with Crippen molar-refractivity contribution < 1.29 is 28.0 Å². The van der Waals surface area contributed by atoms with Crippen molar-refractivity contribution in [1.82, 2.24) is 9.29 Å². The number of hydrogen-bond donors (Lipinski definition) is 1. The molecular formula is C41H49ClN4O6S. The Balaban J connectivity index is 1.20. The predicted molar refractivity (Wildman–Crippen MR) is 206 cm³/mol. The molecule has 1 N–H and O–H groups in total. The topological polar surface area (TPSA) is 111 Å². The fourth-order valence-electron chi connectivity index (χ4n) is 9.03. The minimum Gasteiger partial charge on any atom is -0.490 e. The quantitative estimate of drug-likeness (QED) is 0.283. The van der Waals surface area contributed by atoms with Gasteiger partial charge in [0.05, 0.1) is 42.4 Å². The molecule has 3 aromatic rings. The fourth-order valence-corrected chi connectivity index (χ4v) is 11.1. The van der Waals surface area contributed by atoms with Crippen molar-refractivity contribution in [2.24, 2.45) is 22.1 Å². The number of ether oxygens (including phenoxy) is 3. The molecule has 0 radical (unpaired) electrons. The van der Waals surface area contributed by atoms with Gasteiger partial charge in [-0.3, -0.25) is 14.3 Å². The average Bonchev–Trinajstić information content (AvgIpc) is 3.52. The van der Waals surface area contributed by atoms with Crippen LogP contribution in [0.25, 0.3) is 0 Å². The molecule has 1 unspecified atom stereocenters. The minimum atomic E-state index is -3.61. The molecule has 1 aromatic heterocycles. The van der Waals surface area contributed by atoms with E-state index < -0.39 is 27.0 Å². The van der Waals surface area contributed by atoms with Gasteiger partial charge < -0.3 is 23.7 Å². The van der Waals surface area contributed by atoms with Gasteiger partial charge in [0.15, 0.2) is 0 Å². The summed E-state index contributed by atoms with van der Waals surface area (Å²) in [4.78, 5) is 30.3. The molecule has 2 aliphatic carbocycles. The Morgan fingerprint density at radius 1 is 1.15 bits per heavy atom. The van der Waals surface area contributed by atoms with Gasteiger partial charge in [-0.2, -0.15) is 0 Å². The van der Waals surface area contributed by atoms with Gasteiger partial charge in [0.25, 0.3) is 11.8 Å². The normalized spacial score (nSPS) is 31.8. The number of fused-ring (bicyclic) bond motifs is 5. The fraction of sp³-hybridized carbons (Fsp3) is 0.512. The molecule has 7 atom stereocenters. The van der Waals surface area contributed by atoms with Crippen molar-refractivity contribution in [3.63, 3.8) is 0 Å². The third-order valence-electron chi connectivity index (χ3n) is 12.5. The predicted octanol–water partition coefficient (Wildman–Crippen LogP) is 7.12. The van der Waals surface area contributed by atoms with E-state index in [1.807, 2.05) is 29.7 Å². The maximum absolute atomic E-state index is 15.0. The Labute approximate surface area is 317 Å². The van der Waals surface area contributed by atoms with Crippen molar-refractivity contribution in [3.8, 4) is 5.75 Å². The molecule has 1 fully saturated rings. The summed E-state index contributed by atoms with van der Waals surface area (Å²) >= 11 is 6.47. The van der Waals surface area contributed by atoms with Crippen molar-refractivity contribution in [2.75, 3.05) is 38.3 Å². The maximum Gasteiger partial charge on any atom is 0.286 e. The van der Waals surface area contributed by atoms with Crippen LogP contribution in [0.3, 0.4) is 0 Å². The zero-order valence-corrected chi connectivity index (χ0v) is 32.3. The molecule has 0 saturated heterocycles. The summed E-state index contributed by atoms with van der Waals surface area (Å²) in [5.74, 6) is 0.0804. The minimum absolute atomic E-state index is 0.0649. The number of benzene rings is 2. The lowest BCUT2D eigenvalue weighted by Crippen LogP contribution is -2.49. The highest BCUT2D eigenvalue weighted by atomic mass is 35.5. The SMILES string of the molecule is CO[C@H]1/C=C/C[C@H](C)[C@@H](C)S(=O)(NC(=O)c2cc3n(c2)CCOC3)=NC(=O)c2ccc3c(c2)N(C[C@@H]2CC[C@H]21)C[C@@]1(CCCc2cc(Cl)ccc21)CO3. The zero-order valence-electron chi connectivity index (χ0n) is 30.7. The number of nitrogens with one attached hydrogen (secondary N) is 1. The van der Waals surface area contributed by atoms with E-state index in [1.165, 1.54) is 11.1 Å². The van der Waals surface area contributed by atoms with Gasteiger partial charge in [-0.15, -0.1) is 4.36 Å². The lowest BCUT2D eigenvalue weighted by molar-refractivity contribution is 0.0131.